The molecule has 17 heavy (non-hydrogen) atoms. The summed E-state index contributed by atoms with van der Waals surface area (Å²) in [4.78, 5) is 2.64. The minimum absolute atomic E-state index is 0.0454. The highest BCUT2D eigenvalue weighted by Crippen LogP contribution is 2.36. The molecule has 3 rings (SSSR count). The molecular formula is C13H24N2O2. The van der Waals surface area contributed by atoms with Crippen molar-refractivity contribution in [2.45, 2.75) is 37.3 Å². The summed E-state index contributed by atoms with van der Waals surface area (Å²) < 4.78 is 11.5. The molecule has 3 saturated heterocycles. The molecule has 4 heteroatoms. The van der Waals surface area contributed by atoms with E-state index < -0.39 is 0 Å². The minimum Gasteiger partial charge on any atom is -0.378 e. The molecule has 0 bridgehead atoms. The van der Waals surface area contributed by atoms with Gasteiger partial charge in [-0.15, -0.1) is 0 Å². The standard InChI is InChI=1S/C13H24N2O2/c14-8-11-1-4-15(9-11)12-2-5-17-13(7-12)3-6-16-10-13/h11-12H,1-10,14H2. The van der Waals surface area contributed by atoms with Gasteiger partial charge in [-0.05, 0) is 38.3 Å². The monoisotopic (exact) mass is 240 g/mol. The fourth-order valence-corrected chi connectivity index (χ4v) is 3.56. The number of nitrogens with zero attached hydrogens (tertiary/aromatic N) is 1. The third-order valence-corrected chi connectivity index (χ3v) is 4.70. The van der Waals surface area contributed by atoms with E-state index in [0.717, 1.165) is 39.2 Å². The fraction of sp³-hybridized carbons (Fsp3) is 1.00. The van der Waals surface area contributed by atoms with Crippen molar-refractivity contribution >= 4 is 0 Å². The van der Waals surface area contributed by atoms with Crippen LogP contribution in [0.2, 0.25) is 0 Å². The van der Waals surface area contributed by atoms with Crippen molar-refractivity contribution in [3.63, 3.8) is 0 Å². The largest absolute Gasteiger partial charge is 0.378 e. The predicted molar refractivity (Wildman–Crippen MR) is 65.9 cm³/mol. The Morgan fingerprint density at radius 3 is 2.94 bits per heavy atom. The molecule has 1 spiro atoms. The molecule has 2 N–H and O–H groups in total. The third kappa shape index (κ3) is 2.36. The van der Waals surface area contributed by atoms with E-state index in [1.165, 1.54) is 25.9 Å². The van der Waals surface area contributed by atoms with E-state index in [9.17, 15) is 0 Å². The number of rotatable bonds is 2. The van der Waals surface area contributed by atoms with E-state index in [1.807, 2.05) is 0 Å². The van der Waals surface area contributed by atoms with Crippen LogP contribution in [0.4, 0.5) is 0 Å². The first-order chi connectivity index (χ1) is 8.31. The number of hydrogen-bond acceptors (Lipinski definition) is 4. The Bertz CT molecular complexity index is 266. The van der Waals surface area contributed by atoms with Crippen molar-refractivity contribution < 1.29 is 9.47 Å². The predicted octanol–water partition coefficient (Wildman–Crippen LogP) is 0.605. The van der Waals surface area contributed by atoms with Crippen LogP contribution in [0.3, 0.4) is 0 Å². The number of likely N-dealkylation sites (tertiary alicyclic amines) is 1. The summed E-state index contributed by atoms with van der Waals surface area (Å²) in [5.41, 5.74) is 5.82. The average molecular weight is 240 g/mol. The molecule has 3 unspecified atom stereocenters. The van der Waals surface area contributed by atoms with E-state index in [4.69, 9.17) is 15.2 Å². The Balaban J connectivity index is 1.60. The van der Waals surface area contributed by atoms with Crippen molar-refractivity contribution in [3.05, 3.63) is 0 Å². The van der Waals surface area contributed by atoms with Gasteiger partial charge in [0, 0.05) is 32.2 Å². The van der Waals surface area contributed by atoms with Crippen molar-refractivity contribution in [3.8, 4) is 0 Å². The first kappa shape index (κ1) is 11.9. The zero-order valence-electron chi connectivity index (χ0n) is 10.6. The summed E-state index contributed by atoms with van der Waals surface area (Å²) in [6.07, 6.45) is 4.69. The van der Waals surface area contributed by atoms with Crippen LogP contribution in [0.25, 0.3) is 0 Å². The Hall–Kier alpha value is -0.160. The second kappa shape index (κ2) is 4.84. The zero-order chi connectivity index (χ0) is 11.7. The zero-order valence-corrected chi connectivity index (χ0v) is 10.6. The minimum atomic E-state index is 0.0454. The van der Waals surface area contributed by atoms with Crippen LogP contribution in [-0.2, 0) is 9.47 Å². The van der Waals surface area contributed by atoms with E-state index in [-0.39, 0.29) is 5.60 Å². The van der Waals surface area contributed by atoms with Gasteiger partial charge >= 0.3 is 0 Å². The van der Waals surface area contributed by atoms with E-state index in [1.54, 1.807) is 0 Å². The van der Waals surface area contributed by atoms with Gasteiger partial charge in [0.1, 0.15) is 0 Å². The van der Waals surface area contributed by atoms with Gasteiger partial charge in [-0.3, -0.25) is 4.90 Å². The van der Waals surface area contributed by atoms with Crippen LogP contribution < -0.4 is 5.73 Å². The first-order valence-electron chi connectivity index (χ1n) is 6.97. The van der Waals surface area contributed by atoms with Gasteiger partial charge in [-0.1, -0.05) is 0 Å². The lowest BCUT2D eigenvalue weighted by Crippen LogP contribution is -2.48. The smallest absolute Gasteiger partial charge is 0.0951 e. The van der Waals surface area contributed by atoms with Gasteiger partial charge in [0.2, 0.25) is 0 Å². The quantitative estimate of drug-likeness (QED) is 0.768. The van der Waals surface area contributed by atoms with Gasteiger partial charge in [0.15, 0.2) is 0 Å². The molecule has 0 aliphatic carbocycles. The van der Waals surface area contributed by atoms with Gasteiger partial charge in [-0.25, -0.2) is 0 Å². The molecule has 0 aromatic rings. The molecule has 3 aliphatic heterocycles. The molecule has 3 fully saturated rings. The maximum absolute atomic E-state index is 5.99. The molecule has 3 atom stereocenters. The van der Waals surface area contributed by atoms with Crippen molar-refractivity contribution in [1.29, 1.82) is 0 Å². The molecule has 3 heterocycles. The Labute approximate surface area is 103 Å². The number of ether oxygens (including phenoxy) is 2. The molecular weight excluding hydrogens is 216 g/mol. The second-order valence-corrected chi connectivity index (χ2v) is 5.87. The summed E-state index contributed by atoms with van der Waals surface area (Å²) in [6.45, 7) is 5.84. The highest BCUT2D eigenvalue weighted by atomic mass is 16.6. The lowest BCUT2D eigenvalue weighted by molar-refractivity contribution is -0.104. The van der Waals surface area contributed by atoms with Crippen LogP contribution >= 0.6 is 0 Å². The van der Waals surface area contributed by atoms with E-state index >= 15 is 0 Å². The third-order valence-electron chi connectivity index (χ3n) is 4.70. The molecule has 0 aromatic heterocycles. The van der Waals surface area contributed by atoms with Crippen LogP contribution in [0, 0.1) is 5.92 Å². The average Bonchev–Trinajstić information content (AvgIpc) is 2.99. The van der Waals surface area contributed by atoms with Crippen LogP contribution in [0.1, 0.15) is 25.7 Å². The highest BCUT2D eigenvalue weighted by Gasteiger charge is 2.43. The molecule has 3 aliphatic rings. The van der Waals surface area contributed by atoms with Crippen LogP contribution in [0.5, 0.6) is 0 Å². The lowest BCUT2D eigenvalue weighted by atomic mass is 9.89. The van der Waals surface area contributed by atoms with Crippen molar-refractivity contribution in [2.75, 3.05) is 39.5 Å². The highest BCUT2D eigenvalue weighted by molar-refractivity contribution is 4.95. The maximum atomic E-state index is 5.99. The van der Waals surface area contributed by atoms with Crippen molar-refractivity contribution in [1.82, 2.24) is 4.90 Å². The van der Waals surface area contributed by atoms with E-state index in [2.05, 4.69) is 4.90 Å². The molecule has 0 radical (unpaired) electrons. The topological polar surface area (TPSA) is 47.7 Å². The van der Waals surface area contributed by atoms with Gasteiger partial charge in [-0.2, -0.15) is 0 Å². The van der Waals surface area contributed by atoms with Crippen LogP contribution in [-0.4, -0.2) is 56.0 Å². The number of hydrogen-bond donors (Lipinski definition) is 1. The molecule has 0 aromatic carbocycles. The van der Waals surface area contributed by atoms with Gasteiger partial charge < -0.3 is 15.2 Å². The second-order valence-electron chi connectivity index (χ2n) is 5.87. The van der Waals surface area contributed by atoms with Crippen LogP contribution in [0.15, 0.2) is 0 Å². The molecule has 4 nitrogen and oxygen atoms in total. The summed E-state index contributed by atoms with van der Waals surface area (Å²) >= 11 is 0. The van der Waals surface area contributed by atoms with E-state index in [0.29, 0.717) is 12.0 Å². The van der Waals surface area contributed by atoms with Gasteiger partial charge in [0.25, 0.3) is 0 Å². The molecule has 0 amide bonds. The first-order valence-corrected chi connectivity index (χ1v) is 6.97. The number of nitrogens with two attached hydrogens (primary N) is 1. The Morgan fingerprint density at radius 1 is 1.29 bits per heavy atom. The normalized spacial score (nSPS) is 43.6. The lowest BCUT2D eigenvalue weighted by Gasteiger charge is -2.41. The summed E-state index contributed by atoms with van der Waals surface area (Å²) in [7, 11) is 0. The van der Waals surface area contributed by atoms with Crippen molar-refractivity contribution in [2.24, 2.45) is 11.7 Å². The summed E-state index contributed by atoms with van der Waals surface area (Å²) in [5, 5.41) is 0. The molecule has 98 valence electrons. The summed E-state index contributed by atoms with van der Waals surface area (Å²) in [6, 6.07) is 0.696. The summed E-state index contributed by atoms with van der Waals surface area (Å²) in [5.74, 6) is 0.716. The Morgan fingerprint density at radius 2 is 2.24 bits per heavy atom. The molecule has 0 saturated carbocycles. The maximum Gasteiger partial charge on any atom is 0.0951 e. The fourth-order valence-electron chi connectivity index (χ4n) is 3.56. The van der Waals surface area contributed by atoms with Gasteiger partial charge in [0.05, 0.1) is 12.2 Å². The SMILES string of the molecule is NCC1CCN(C2CCOC3(CCOC3)C2)C1. The Kier molecular flexibility index (Phi) is 3.39.